The van der Waals surface area contributed by atoms with E-state index in [1.807, 2.05) is 61.2 Å². The van der Waals surface area contributed by atoms with Crippen LogP contribution in [0.2, 0.25) is 0 Å². The Morgan fingerprint density at radius 2 is 2.03 bits per heavy atom. The van der Waals surface area contributed by atoms with Crippen molar-refractivity contribution in [1.29, 1.82) is 0 Å². The summed E-state index contributed by atoms with van der Waals surface area (Å²) < 4.78 is 5.40. The monoisotopic (exact) mass is 404 g/mol. The summed E-state index contributed by atoms with van der Waals surface area (Å²) in [6.07, 6.45) is 2.28. The van der Waals surface area contributed by atoms with Gasteiger partial charge in [0.25, 0.3) is 5.91 Å². The molecule has 0 aliphatic carbocycles. The fourth-order valence-electron chi connectivity index (χ4n) is 3.98. The van der Waals surface area contributed by atoms with Gasteiger partial charge in [0.05, 0.1) is 6.54 Å². The summed E-state index contributed by atoms with van der Waals surface area (Å²) in [6.45, 7) is 8.36. The van der Waals surface area contributed by atoms with Gasteiger partial charge in [-0.05, 0) is 61.9 Å². The summed E-state index contributed by atoms with van der Waals surface area (Å²) >= 11 is 0. The highest BCUT2D eigenvalue weighted by molar-refractivity contribution is 5.95. The Labute approximate surface area is 177 Å². The van der Waals surface area contributed by atoms with Gasteiger partial charge in [0.2, 0.25) is 11.7 Å². The molecule has 0 bridgehead atoms. The number of amides is 1. The molecule has 1 aromatic heterocycles. The molecule has 6 nitrogen and oxygen atoms in total. The molecule has 1 aliphatic heterocycles. The lowest BCUT2D eigenvalue weighted by molar-refractivity contribution is 0.0683. The van der Waals surface area contributed by atoms with E-state index < -0.39 is 0 Å². The third kappa shape index (κ3) is 4.37. The molecule has 0 saturated carbocycles. The van der Waals surface area contributed by atoms with E-state index in [-0.39, 0.29) is 5.91 Å². The van der Waals surface area contributed by atoms with Gasteiger partial charge in [-0.2, -0.15) is 4.98 Å². The predicted octanol–water partition coefficient (Wildman–Crippen LogP) is 4.84. The third-order valence-electron chi connectivity index (χ3n) is 5.70. The van der Waals surface area contributed by atoms with Crippen molar-refractivity contribution >= 4 is 11.6 Å². The van der Waals surface area contributed by atoms with E-state index in [9.17, 15) is 4.79 Å². The highest BCUT2D eigenvalue weighted by atomic mass is 16.5. The SMILES string of the molecule is Cc1cc(C(=O)N2CCCC(C)C2)ccc1NCc1nc(-c2ccccc2C)no1. The van der Waals surface area contributed by atoms with E-state index in [0.29, 0.717) is 24.2 Å². The quantitative estimate of drug-likeness (QED) is 0.659. The van der Waals surface area contributed by atoms with E-state index in [1.54, 1.807) is 0 Å². The number of aromatic nitrogens is 2. The Bertz CT molecular complexity index is 1040. The first-order valence-electron chi connectivity index (χ1n) is 10.5. The molecule has 1 atom stereocenters. The van der Waals surface area contributed by atoms with Crippen LogP contribution in [0.1, 0.15) is 47.1 Å². The van der Waals surface area contributed by atoms with Crippen LogP contribution in [0, 0.1) is 19.8 Å². The van der Waals surface area contributed by atoms with Gasteiger partial charge in [0, 0.05) is 29.9 Å². The first-order valence-corrected chi connectivity index (χ1v) is 10.5. The summed E-state index contributed by atoms with van der Waals surface area (Å²) in [5.41, 5.74) is 4.79. The van der Waals surface area contributed by atoms with E-state index in [0.717, 1.165) is 47.5 Å². The highest BCUT2D eigenvalue weighted by Crippen LogP contribution is 2.23. The normalized spacial score (nSPS) is 16.5. The standard InChI is InChI=1S/C24H28N4O2/c1-16-7-6-12-28(15-16)24(29)19-10-11-21(18(3)13-19)25-14-22-26-23(27-30-22)20-9-5-4-8-17(20)2/h4-5,8-11,13,16,25H,6-7,12,14-15H2,1-3H3. The number of aryl methyl sites for hydroxylation is 2. The minimum Gasteiger partial charge on any atom is -0.376 e. The molecular formula is C24H28N4O2. The minimum absolute atomic E-state index is 0.121. The van der Waals surface area contributed by atoms with Crippen molar-refractivity contribution in [3.05, 3.63) is 65.0 Å². The number of carbonyl (C=O) groups excluding carboxylic acids is 1. The van der Waals surface area contributed by atoms with E-state index >= 15 is 0 Å². The molecule has 1 fully saturated rings. The summed E-state index contributed by atoms with van der Waals surface area (Å²) in [4.78, 5) is 19.3. The zero-order valence-corrected chi connectivity index (χ0v) is 17.8. The van der Waals surface area contributed by atoms with Crippen molar-refractivity contribution in [2.24, 2.45) is 5.92 Å². The second kappa shape index (κ2) is 8.69. The topological polar surface area (TPSA) is 71.3 Å². The van der Waals surface area contributed by atoms with Crippen molar-refractivity contribution in [1.82, 2.24) is 15.0 Å². The van der Waals surface area contributed by atoms with Gasteiger partial charge in [-0.15, -0.1) is 0 Å². The molecule has 2 aromatic carbocycles. The van der Waals surface area contributed by atoms with Crippen molar-refractivity contribution in [3.63, 3.8) is 0 Å². The molecule has 0 spiro atoms. The fourth-order valence-corrected chi connectivity index (χ4v) is 3.98. The average Bonchev–Trinajstić information content (AvgIpc) is 3.21. The van der Waals surface area contributed by atoms with Gasteiger partial charge in [0.1, 0.15) is 0 Å². The number of carbonyl (C=O) groups is 1. The molecule has 1 aliphatic rings. The number of likely N-dealkylation sites (tertiary alicyclic amines) is 1. The summed E-state index contributed by atoms with van der Waals surface area (Å²) in [6, 6.07) is 13.8. The van der Waals surface area contributed by atoms with Crippen molar-refractivity contribution < 1.29 is 9.32 Å². The molecule has 4 rings (SSSR count). The van der Waals surface area contributed by atoms with E-state index in [4.69, 9.17) is 4.52 Å². The van der Waals surface area contributed by atoms with Crippen LogP contribution < -0.4 is 5.32 Å². The summed E-state index contributed by atoms with van der Waals surface area (Å²) in [5.74, 6) is 1.81. The molecule has 1 saturated heterocycles. The number of rotatable bonds is 5. The van der Waals surface area contributed by atoms with Crippen molar-refractivity contribution in [3.8, 4) is 11.4 Å². The van der Waals surface area contributed by atoms with Gasteiger partial charge in [-0.1, -0.05) is 36.3 Å². The Kier molecular flexibility index (Phi) is 5.84. The average molecular weight is 405 g/mol. The molecule has 1 unspecified atom stereocenters. The maximum Gasteiger partial charge on any atom is 0.253 e. The second-order valence-corrected chi connectivity index (χ2v) is 8.21. The molecule has 6 heteroatoms. The van der Waals surface area contributed by atoms with Crippen LogP contribution in [0.5, 0.6) is 0 Å². The molecule has 2 heterocycles. The minimum atomic E-state index is 0.121. The largest absolute Gasteiger partial charge is 0.376 e. The Morgan fingerprint density at radius 1 is 1.20 bits per heavy atom. The van der Waals surface area contributed by atoms with Crippen LogP contribution in [0.3, 0.4) is 0 Å². The number of hydrogen-bond acceptors (Lipinski definition) is 5. The number of nitrogens with zero attached hydrogens (tertiary/aromatic N) is 3. The lowest BCUT2D eigenvalue weighted by atomic mass is 9.99. The first-order chi connectivity index (χ1) is 14.5. The van der Waals surface area contributed by atoms with Gasteiger partial charge in [0.15, 0.2) is 0 Å². The fraction of sp³-hybridized carbons (Fsp3) is 0.375. The number of nitrogens with one attached hydrogen (secondary N) is 1. The summed E-state index contributed by atoms with van der Waals surface area (Å²) in [5, 5.41) is 7.44. The van der Waals surface area contributed by atoms with Crippen LogP contribution in [0.4, 0.5) is 5.69 Å². The van der Waals surface area contributed by atoms with Crippen molar-refractivity contribution in [2.45, 2.75) is 40.2 Å². The van der Waals surface area contributed by atoms with Crippen LogP contribution in [0.15, 0.2) is 47.0 Å². The van der Waals surface area contributed by atoms with Crippen molar-refractivity contribution in [2.75, 3.05) is 18.4 Å². The number of piperidine rings is 1. The Hall–Kier alpha value is -3.15. The van der Waals surface area contributed by atoms with Gasteiger partial charge in [-0.25, -0.2) is 0 Å². The number of benzene rings is 2. The Morgan fingerprint density at radius 3 is 2.80 bits per heavy atom. The zero-order valence-electron chi connectivity index (χ0n) is 17.8. The number of anilines is 1. The molecule has 3 aromatic rings. The molecular weight excluding hydrogens is 376 g/mol. The molecule has 30 heavy (non-hydrogen) atoms. The zero-order chi connectivity index (χ0) is 21.1. The number of hydrogen-bond donors (Lipinski definition) is 1. The van der Waals surface area contributed by atoms with Crippen LogP contribution in [-0.2, 0) is 6.54 Å². The van der Waals surface area contributed by atoms with Crippen LogP contribution in [0.25, 0.3) is 11.4 Å². The maximum atomic E-state index is 12.8. The lowest BCUT2D eigenvalue weighted by Crippen LogP contribution is -2.39. The van der Waals surface area contributed by atoms with E-state index in [1.165, 1.54) is 6.42 Å². The molecule has 156 valence electrons. The molecule has 1 N–H and O–H groups in total. The Balaban J connectivity index is 1.41. The first kappa shape index (κ1) is 20.1. The lowest BCUT2D eigenvalue weighted by Gasteiger charge is -2.31. The maximum absolute atomic E-state index is 12.8. The molecule has 0 radical (unpaired) electrons. The van der Waals surface area contributed by atoms with Gasteiger partial charge < -0.3 is 14.7 Å². The predicted molar refractivity (Wildman–Crippen MR) is 117 cm³/mol. The van der Waals surface area contributed by atoms with Crippen LogP contribution >= 0.6 is 0 Å². The van der Waals surface area contributed by atoms with Gasteiger partial charge >= 0.3 is 0 Å². The van der Waals surface area contributed by atoms with E-state index in [2.05, 4.69) is 22.4 Å². The molecule has 1 amide bonds. The smallest absolute Gasteiger partial charge is 0.253 e. The highest BCUT2D eigenvalue weighted by Gasteiger charge is 2.22. The second-order valence-electron chi connectivity index (χ2n) is 8.21. The summed E-state index contributed by atoms with van der Waals surface area (Å²) in [7, 11) is 0. The van der Waals surface area contributed by atoms with Gasteiger partial charge in [-0.3, -0.25) is 4.79 Å². The van der Waals surface area contributed by atoms with Crippen LogP contribution in [-0.4, -0.2) is 34.0 Å². The third-order valence-corrected chi connectivity index (χ3v) is 5.70.